The van der Waals surface area contributed by atoms with Crippen LogP contribution in [0.5, 0.6) is 0 Å². The first-order chi connectivity index (χ1) is 19.1. The van der Waals surface area contributed by atoms with Crippen LogP contribution in [-0.4, -0.2) is 48.6 Å². The number of hydrogen-bond donors (Lipinski definition) is 1. The zero-order valence-corrected chi connectivity index (χ0v) is 24.8. The number of hydrogen-bond acceptors (Lipinski definition) is 6. The first kappa shape index (κ1) is 35.1. The summed E-state index contributed by atoms with van der Waals surface area (Å²) in [5, 5.41) is 9.89. The number of carbonyl (C=O) groups excluding carboxylic acids is 2. The normalized spacial score (nSPS) is 17.8. The smallest absolute Gasteiger partial charge is 0.305 e. The second-order valence-corrected chi connectivity index (χ2v) is 10.6. The molecule has 1 N–H and O–H groups in total. The summed E-state index contributed by atoms with van der Waals surface area (Å²) in [6.07, 6.45) is 31.0. The van der Waals surface area contributed by atoms with Gasteiger partial charge in [-0.2, -0.15) is 0 Å². The Morgan fingerprint density at radius 3 is 1.90 bits per heavy atom. The molecule has 1 rings (SSSR count). The van der Waals surface area contributed by atoms with Crippen molar-refractivity contribution < 1.29 is 28.9 Å². The molecule has 224 valence electrons. The lowest BCUT2D eigenvalue weighted by atomic mass is 10.1. The molecule has 1 fully saturated rings. The Labute approximate surface area is 238 Å². The summed E-state index contributed by atoms with van der Waals surface area (Å²) in [7, 11) is 0. The molecule has 1 aliphatic heterocycles. The van der Waals surface area contributed by atoms with Gasteiger partial charge in [-0.15, -0.1) is 0 Å². The van der Waals surface area contributed by atoms with Gasteiger partial charge in [0.1, 0.15) is 19.3 Å². The number of ether oxygens (including phenoxy) is 3. The first-order valence-electron chi connectivity index (χ1n) is 15.7. The van der Waals surface area contributed by atoms with Gasteiger partial charge in [-0.1, -0.05) is 108 Å². The van der Waals surface area contributed by atoms with Crippen molar-refractivity contribution in [3.8, 4) is 0 Å². The molecule has 0 spiro atoms. The minimum atomic E-state index is -0.983. The summed E-state index contributed by atoms with van der Waals surface area (Å²) in [6, 6.07) is 0. The molecule has 3 atom stereocenters. The molecule has 1 saturated heterocycles. The minimum Gasteiger partial charge on any atom is -0.463 e. The molecule has 0 amide bonds. The van der Waals surface area contributed by atoms with E-state index < -0.39 is 6.10 Å². The fourth-order valence-electron chi connectivity index (χ4n) is 4.29. The summed E-state index contributed by atoms with van der Waals surface area (Å²) in [5.41, 5.74) is 0. The highest BCUT2D eigenvalue weighted by atomic mass is 16.6. The SMILES string of the molecule is CCCCCCCCCC(=O)OC[C@H](O)COC(=O)CCC/C=C\C/C=C\C/C=C\CC1OC1CCCCC. The lowest BCUT2D eigenvalue weighted by molar-refractivity contribution is -0.152. The summed E-state index contributed by atoms with van der Waals surface area (Å²) in [4.78, 5) is 23.6. The van der Waals surface area contributed by atoms with Crippen molar-refractivity contribution in [2.45, 2.75) is 148 Å². The Hall–Kier alpha value is -1.92. The number of unbranched alkanes of at least 4 members (excludes halogenated alkanes) is 9. The number of carbonyl (C=O) groups is 2. The lowest BCUT2D eigenvalue weighted by Gasteiger charge is -2.12. The van der Waals surface area contributed by atoms with Gasteiger partial charge in [0, 0.05) is 12.8 Å². The Bertz CT molecular complexity index is 698. The monoisotopic (exact) mass is 548 g/mol. The predicted octanol–water partition coefficient (Wildman–Crippen LogP) is 7.93. The van der Waals surface area contributed by atoms with Crippen molar-refractivity contribution in [1.82, 2.24) is 0 Å². The van der Waals surface area contributed by atoms with Gasteiger partial charge < -0.3 is 19.3 Å². The highest BCUT2D eigenvalue weighted by Crippen LogP contribution is 2.30. The number of esters is 2. The van der Waals surface area contributed by atoms with Crippen LogP contribution >= 0.6 is 0 Å². The van der Waals surface area contributed by atoms with Crippen LogP contribution in [0.25, 0.3) is 0 Å². The van der Waals surface area contributed by atoms with Crippen LogP contribution in [0.15, 0.2) is 36.5 Å². The van der Waals surface area contributed by atoms with Crippen molar-refractivity contribution in [2.75, 3.05) is 13.2 Å². The fourth-order valence-corrected chi connectivity index (χ4v) is 4.29. The average Bonchev–Trinajstić information content (AvgIpc) is 3.68. The highest BCUT2D eigenvalue weighted by molar-refractivity contribution is 5.69. The van der Waals surface area contributed by atoms with Gasteiger partial charge in [-0.3, -0.25) is 9.59 Å². The lowest BCUT2D eigenvalue weighted by Crippen LogP contribution is -2.25. The number of allylic oxidation sites excluding steroid dienone is 5. The number of aliphatic hydroxyl groups excluding tert-OH is 1. The molecule has 0 aromatic rings. The zero-order valence-electron chi connectivity index (χ0n) is 24.8. The maximum Gasteiger partial charge on any atom is 0.305 e. The van der Waals surface area contributed by atoms with Gasteiger partial charge in [0.05, 0.1) is 12.2 Å². The van der Waals surface area contributed by atoms with Crippen molar-refractivity contribution in [3.63, 3.8) is 0 Å². The van der Waals surface area contributed by atoms with E-state index in [2.05, 4.69) is 50.3 Å². The van der Waals surface area contributed by atoms with Gasteiger partial charge in [-0.05, 0) is 44.9 Å². The molecule has 6 nitrogen and oxygen atoms in total. The molecule has 1 heterocycles. The van der Waals surface area contributed by atoms with Crippen molar-refractivity contribution in [2.24, 2.45) is 0 Å². The molecular weight excluding hydrogens is 492 g/mol. The topological polar surface area (TPSA) is 85.4 Å². The molecular formula is C33H56O6. The maximum atomic E-state index is 11.8. The van der Waals surface area contributed by atoms with Gasteiger partial charge in [-0.25, -0.2) is 0 Å². The largest absolute Gasteiger partial charge is 0.463 e. The van der Waals surface area contributed by atoms with Crippen LogP contribution in [0.1, 0.15) is 129 Å². The molecule has 39 heavy (non-hydrogen) atoms. The van der Waals surface area contributed by atoms with E-state index in [1.807, 2.05) is 0 Å². The number of aliphatic hydroxyl groups is 1. The molecule has 0 radical (unpaired) electrons. The van der Waals surface area contributed by atoms with Gasteiger partial charge in [0.2, 0.25) is 0 Å². The standard InChI is InChI=1S/C33H56O6/c1-3-5-7-8-13-17-21-25-32(35)37-27-29(34)28-38-33(36)26-22-18-15-12-10-9-11-14-16-20-24-31-30(39-31)23-19-6-4-2/h9,11-12,15-16,20,29-31,34H,3-8,10,13-14,17-19,21-28H2,1-2H3/b11-9-,15-12-,20-16-/t29-,30?,31?/m0/s1. The second-order valence-electron chi connectivity index (χ2n) is 10.6. The Morgan fingerprint density at radius 1 is 0.692 bits per heavy atom. The molecule has 0 bridgehead atoms. The zero-order chi connectivity index (χ0) is 28.4. The van der Waals surface area contributed by atoms with Crippen LogP contribution < -0.4 is 0 Å². The third-order valence-corrected chi connectivity index (χ3v) is 6.80. The van der Waals surface area contributed by atoms with Gasteiger partial charge in [0.15, 0.2) is 0 Å². The van der Waals surface area contributed by atoms with E-state index in [1.54, 1.807) is 0 Å². The second kappa shape index (κ2) is 25.1. The molecule has 2 unspecified atom stereocenters. The van der Waals surface area contributed by atoms with E-state index in [0.29, 0.717) is 31.5 Å². The highest BCUT2D eigenvalue weighted by Gasteiger charge is 2.36. The molecule has 0 aliphatic carbocycles. The van der Waals surface area contributed by atoms with Crippen molar-refractivity contribution >= 4 is 11.9 Å². The summed E-state index contributed by atoms with van der Waals surface area (Å²) >= 11 is 0. The molecule has 0 aromatic heterocycles. The van der Waals surface area contributed by atoms with E-state index in [1.165, 1.54) is 51.4 Å². The molecule has 1 aliphatic rings. The van der Waals surface area contributed by atoms with E-state index >= 15 is 0 Å². The van der Waals surface area contributed by atoms with Crippen LogP contribution in [0.4, 0.5) is 0 Å². The van der Waals surface area contributed by atoms with Crippen LogP contribution in [0.2, 0.25) is 0 Å². The summed E-state index contributed by atoms with van der Waals surface area (Å²) < 4.78 is 15.9. The van der Waals surface area contributed by atoms with Gasteiger partial charge in [0.25, 0.3) is 0 Å². The minimum absolute atomic E-state index is 0.136. The fraction of sp³-hybridized carbons (Fsp3) is 0.758. The summed E-state index contributed by atoms with van der Waals surface area (Å²) in [6.45, 7) is 4.14. The Morgan fingerprint density at radius 2 is 1.23 bits per heavy atom. The van der Waals surface area contributed by atoms with E-state index in [9.17, 15) is 14.7 Å². The van der Waals surface area contributed by atoms with E-state index in [-0.39, 0.29) is 25.2 Å². The van der Waals surface area contributed by atoms with Gasteiger partial charge >= 0.3 is 11.9 Å². The Balaban J connectivity index is 1.90. The average molecular weight is 549 g/mol. The molecule has 0 aromatic carbocycles. The van der Waals surface area contributed by atoms with E-state index in [4.69, 9.17) is 14.2 Å². The van der Waals surface area contributed by atoms with E-state index in [0.717, 1.165) is 44.9 Å². The number of rotatable bonds is 26. The van der Waals surface area contributed by atoms with Crippen molar-refractivity contribution in [3.05, 3.63) is 36.5 Å². The quantitative estimate of drug-likeness (QED) is 0.0511. The predicted molar refractivity (Wildman–Crippen MR) is 158 cm³/mol. The third-order valence-electron chi connectivity index (χ3n) is 6.80. The van der Waals surface area contributed by atoms with Crippen LogP contribution in [-0.2, 0) is 23.8 Å². The maximum absolute atomic E-state index is 11.8. The first-order valence-corrected chi connectivity index (χ1v) is 15.7. The van der Waals surface area contributed by atoms with Crippen molar-refractivity contribution in [1.29, 1.82) is 0 Å². The molecule has 6 heteroatoms. The summed E-state index contributed by atoms with van der Waals surface area (Å²) in [5.74, 6) is -0.644. The number of epoxide rings is 1. The van der Waals surface area contributed by atoms with Crippen LogP contribution in [0, 0.1) is 0 Å². The molecule has 0 saturated carbocycles. The Kier molecular flexibility index (Phi) is 22.6. The van der Waals surface area contributed by atoms with Crippen LogP contribution in [0.3, 0.4) is 0 Å². The third kappa shape index (κ3) is 22.6.